The number of likely N-dealkylation sites (N-methyl/N-ethyl adjacent to an activating group) is 1. The molecule has 6 nitrogen and oxygen atoms in total. The minimum absolute atomic E-state index is 0.0813. The molecule has 1 amide bonds. The number of hydrogen-bond donors (Lipinski definition) is 1. The molecule has 1 atom stereocenters. The van der Waals surface area contributed by atoms with E-state index in [1.165, 1.54) is 18.2 Å². The van der Waals surface area contributed by atoms with Crippen molar-refractivity contribution in [2.75, 3.05) is 19.6 Å². The second kappa shape index (κ2) is 7.00. The molecule has 21 heavy (non-hydrogen) atoms. The van der Waals surface area contributed by atoms with Crippen LogP contribution in [0.3, 0.4) is 0 Å². The molecule has 2 rings (SSSR count). The molecular formula is C14H18BrN3O3. The van der Waals surface area contributed by atoms with E-state index in [4.69, 9.17) is 0 Å². The standard InChI is InChI=1S/C14H18BrN3O3/c1-2-17-7-3-4-10(9-17)16-14(19)12-8-11(18(20)21)5-6-13(12)15/h5-6,8,10H,2-4,7,9H2,1H3,(H,16,19). The summed E-state index contributed by atoms with van der Waals surface area (Å²) in [6.07, 6.45) is 1.99. The third kappa shape index (κ3) is 4.01. The summed E-state index contributed by atoms with van der Waals surface area (Å²) in [6, 6.07) is 4.31. The molecule has 1 aromatic carbocycles. The summed E-state index contributed by atoms with van der Waals surface area (Å²) in [5.74, 6) is -0.270. The van der Waals surface area contributed by atoms with Gasteiger partial charge in [-0.2, -0.15) is 0 Å². The zero-order chi connectivity index (χ0) is 15.4. The minimum Gasteiger partial charge on any atom is -0.348 e. The molecule has 0 aliphatic carbocycles. The first kappa shape index (κ1) is 15.9. The predicted octanol–water partition coefficient (Wildman–Crippen LogP) is 2.57. The van der Waals surface area contributed by atoms with Crippen LogP contribution in [0.4, 0.5) is 5.69 Å². The maximum atomic E-state index is 12.3. The normalized spacial score (nSPS) is 19.2. The van der Waals surface area contributed by atoms with Crippen molar-refractivity contribution in [1.82, 2.24) is 10.2 Å². The van der Waals surface area contributed by atoms with E-state index >= 15 is 0 Å². The molecular weight excluding hydrogens is 338 g/mol. The third-order valence-electron chi connectivity index (χ3n) is 3.69. The van der Waals surface area contributed by atoms with Gasteiger partial charge in [0.2, 0.25) is 0 Å². The van der Waals surface area contributed by atoms with Crippen molar-refractivity contribution >= 4 is 27.5 Å². The van der Waals surface area contributed by atoms with Gasteiger partial charge in [0, 0.05) is 29.2 Å². The Morgan fingerprint density at radius 2 is 2.33 bits per heavy atom. The Morgan fingerprint density at radius 1 is 1.57 bits per heavy atom. The molecule has 1 fully saturated rings. The predicted molar refractivity (Wildman–Crippen MR) is 83.4 cm³/mol. The van der Waals surface area contributed by atoms with Gasteiger partial charge >= 0.3 is 0 Å². The molecule has 0 aromatic heterocycles. The third-order valence-corrected chi connectivity index (χ3v) is 4.38. The van der Waals surface area contributed by atoms with E-state index in [0.29, 0.717) is 10.0 Å². The molecule has 0 bridgehead atoms. The number of rotatable bonds is 4. The topological polar surface area (TPSA) is 75.5 Å². The molecule has 114 valence electrons. The summed E-state index contributed by atoms with van der Waals surface area (Å²) >= 11 is 3.28. The molecule has 7 heteroatoms. The Labute approximate surface area is 131 Å². The number of carbonyl (C=O) groups excluding carboxylic acids is 1. The van der Waals surface area contributed by atoms with Crippen molar-refractivity contribution < 1.29 is 9.72 Å². The summed E-state index contributed by atoms with van der Waals surface area (Å²) in [4.78, 5) is 24.9. The van der Waals surface area contributed by atoms with E-state index in [-0.39, 0.29) is 17.6 Å². The lowest BCUT2D eigenvalue weighted by molar-refractivity contribution is -0.384. The van der Waals surface area contributed by atoms with Crippen molar-refractivity contribution in [1.29, 1.82) is 0 Å². The molecule has 1 heterocycles. The van der Waals surface area contributed by atoms with Crippen LogP contribution in [-0.4, -0.2) is 41.4 Å². The number of nitro groups is 1. The van der Waals surface area contributed by atoms with Crippen LogP contribution in [0.25, 0.3) is 0 Å². The number of halogens is 1. The van der Waals surface area contributed by atoms with Crippen LogP contribution >= 0.6 is 15.9 Å². The minimum atomic E-state index is -0.497. The summed E-state index contributed by atoms with van der Waals surface area (Å²) in [5, 5.41) is 13.8. The smallest absolute Gasteiger partial charge is 0.270 e. The van der Waals surface area contributed by atoms with Crippen molar-refractivity contribution in [2.24, 2.45) is 0 Å². The van der Waals surface area contributed by atoms with E-state index in [1.54, 1.807) is 0 Å². The van der Waals surface area contributed by atoms with Crippen LogP contribution in [-0.2, 0) is 0 Å². The van der Waals surface area contributed by atoms with Gasteiger partial charge in [-0.3, -0.25) is 14.9 Å². The lowest BCUT2D eigenvalue weighted by Crippen LogP contribution is -2.47. The lowest BCUT2D eigenvalue weighted by Gasteiger charge is -2.32. The Hall–Kier alpha value is -1.47. The molecule has 1 N–H and O–H groups in total. The Morgan fingerprint density at radius 3 is 3.00 bits per heavy atom. The number of nitro benzene ring substituents is 1. The molecule has 1 saturated heterocycles. The van der Waals surface area contributed by atoms with Crippen molar-refractivity contribution in [3.8, 4) is 0 Å². The molecule has 0 saturated carbocycles. The fourth-order valence-corrected chi connectivity index (χ4v) is 2.95. The first-order valence-corrected chi connectivity index (χ1v) is 7.77. The van der Waals surface area contributed by atoms with Crippen LogP contribution in [0.5, 0.6) is 0 Å². The summed E-state index contributed by atoms with van der Waals surface area (Å²) in [7, 11) is 0. The van der Waals surface area contributed by atoms with Gasteiger partial charge in [0.15, 0.2) is 0 Å². The monoisotopic (exact) mass is 355 g/mol. The maximum absolute atomic E-state index is 12.3. The number of nitrogens with one attached hydrogen (secondary N) is 1. The van der Waals surface area contributed by atoms with Gasteiger partial charge in [-0.25, -0.2) is 0 Å². The first-order chi connectivity index (χ1) is 10.0. The number of nitrogens with zero attached hydrogens (tertiary/aromatic N) is 2. The average Bonchev–Trinajstić information content (AvgIpc) is 2.47. The van der Waals surface area contributed by atoms with Gasteiger partial charge in [0.25, 0.3) is 11.6 Å². The van der Waals surface area contributed by atoms with Gasteiger partial charge in [-0.1, -0.05) is 6.92 Å². The largest absolute Gasteiger partial charge is 0.348 e. The SMILES string of the molecule is CCN1CCCC(NC(=O)c2cc([N+](=O)[O-])ccc2Br)C1. The second-order valence-corrected chi connectivity index (χ2v) is 5.98. The van der Waals surface area contributed by atoms with Gasteiger partial charge in [-0.05, 0) is 47.9 Å². The zero-order valence-electron chi connectivity index (χ0n) is 11.8. The van der Waals surface area contributed by atoms with E-state index in [0.717, 1.165) is 32.5 Å². The Balaban J connectivity index is 2.09. The number of likely N-dealkylation sites (tertiary alicyclic amines) is 1. The van der Waals surface area contributed by atoms with E-state index in [1.807, 2.05) is 0 Å². The quantitative estimate of drug-likeness (QED) is 0.665. The highest BCUT2D eigenvalue weighted by atomic mass is 79.9. The zero-order valence-corrected chi connectivity index (χ0v) is 13.4. The summed E-state index contributed by atoms with van der Waals surface area (Å²) in [5.41, 5.74) is 0.222. The van der Waals surface area contributed by atoms with E-state index < -0.39 is 4.92 Å². The molecule has 0 spiro atoms. The fourth-order valence-electron chi connectivity index (χ4n) is 2.52. The van der Waals surface area contributed by atoms with Gasteiger partial charge in [0.05, 0.1) is 10.5 Å². The maximum Gasteiger partial charge on any atom is 0.270 e. The molecule has 1 unspecified atom stereocenters. The Bertz CT molecular complexity index is 550. The highest BCUT2D eigenvalue weighted by Gasteiger charge is 2.22. The Kier molecular flexibility index (Phi) is 5.30. The van der Waals surface area contributed by atoms with Crippen molar-refractivity contribution in [3.63, 3.8) is 0 Å². The van der Waals surface area contributed by atoms with Crippen molar-refractivity contribution in [3.05, 3.63) is 38.3 Å². The summed E-state index contributed by atoms with van der Waals surface area (Å²) in [6.45, 7) is 4.95. The van der Waals surface area contributed by atoms with Crippen LogP contribution < -0.4 is 5.32 Å². The van der Waals surface area contributed by atoms with Gasteiger partial charge in [0.1, 0.15) is 0 Å². The van der Waals surface area contributed by atoms with E-state index in [2.05, 4.69) is 33.1 Å². The number of amides is 1. The highest BCUT2D eigenvalue weighted by Crippen LogP contribution is 2.23. The number of non-ortho nitro benzene ring substituents is 1. The molecule has 1 aliphatic heterocycles. The fraction of sp³-hybridized carbons (Fsp3) is 0.500. The summed E-state index contributed by atoms with van der Waals surface area (Å²) < 4.78 is 0.564. The number of carbonyl (C=O) groups is 1. The number of hydrogen-bond acceptors (Lipinski definition) is 4. The van der Waals surface area contributed by atoms with E-state index in [9.17, 15) is 14.9 Å². The lowest BCUT2D eigenvalue weighted by atomic mass is 10.0. The number of piperidine rings is 1. The molecule has 0 radical (unpaired) electrons. The van der Waals surface area contributed by atoms with Crippen LogP contribution in [0.1, 0.15) is 30.1 Å². The number of benzene rings is 1. The van der Waals surface area contributed by atoms with Gasteiger partial charge < -0.3 is 10.2 Å². The van der Waals surface area contributed by atoms with Crippen molar-refractivity contribution in [2.45, 2.75) is 25.8 Å². The first-order valence-electron chi connectivity index (χ1n) is 6.98. The average molecular weight is 356 g/mol. The second-order valence-electron chi connectivity index (χ2n) is 5.13. The highest BCUT2D eigenvalue weighted by molar-refractivity contribution is 9.10. The molecule has 1 aromatic rings. The van der Waals surface area contributed by atoms with Gasteiger partial charge in [-0.15, -0.1) is 0 Å². The van der Waals surface area contributed by atoms with Crippen LogP contribution in [0.2, 0.25) is 0 Å². The van der Waals surface area contributed by atoms with Crippen LogP contribution in [0, 0.1) is 10.1 Å². The van der Waals surface area contributed by atoms with Crippen LogP contribution in [0.15, 0.2) is 22.7 Å². The molecule has 1 aliphatic rings.